The van der Waals surface area contributed by atoms with Gasteiger partial charge in [0.2, 0.25) is 11.8 Å². The molecule has 0 aromatic rings. The molecule has 1 aliphatic rings. The van der Waals surface area contributed by atoms with Gasteiger partial charge in [0, 0.05) is 13.1 Å². The van der Waals surface area contributed by atoms with E-state index in [0.29, 0.717) is 13.0 Å². The highest BCUT2D eigenvalue weighted by molar-refractivity contribution is 5.99. The van der Waals surface area contributed by atoms with Crippen molar-refractivity contribution in [2.24, 2.45) is 11.8 Å². The minimum atomic E-state index is -0.661. The summed E-state index contributed by atoms with van der Waals surface area (Å²) in [6, 6.07) is 0. The molecule has 0 aromatic carbocycles. The van der Waals surface area contributed by atoms with Crippen LogP contribution in [0.3, 0.4) is 0 Å². The number of amides is 2. The van der Waals surface area contributed by atoms with Gasteiger partial charge < -0.3 is 0 Å². The van der Waals surface area contributed by atoms with Gasteiger partial charge >= 0.3 is 0 Å². The summed E-state index contributed by atoms with van der Waals surface area (Å²) in [6.07, 6.45) is 2.23. The molecule has 1 unspecified atom stereocenters. The van der Waals surface area contributed by atoms with Crippen LogP contribution >= 0.6 is 0 Å². The molecule has 0 radical (unpaired) electrons. The number of carbonyl (C=O) groups excluding carboxylic acids is 2. The molecule has 1 heterocycles. The highest BCUT2D eigenvalue weighted by Gasteiger charge is 2.30. The standard InChI is InChI=1S/C9H18N4O2/c1-2-4-7(8(14)12-10)9(15)13-6-3-5-11-13/h7,11H,2-6,10H2,1H3,(H,12,14). The molecule has 1 fully saturated rings. The molecule has 0 saturated carbocycles. The van der Waals surface area contributed by atoms with Crippen LogP contribution in [0.5, 0.6) is 0 Å². The lowest BCUT2D eigenvalue weighted by molar-refractivity contribution is -0.143. The fourth-order valence-corrected chi connectivity index (χ4v) is 1.66. The first-order chi connectivity index (χ1) is 7.20. The van der Waals surface area contributed by atoms with Crippen LogP contribution in [0, 0.1) is 5.92 Å². The van der Waals surface area contributed by atoms with E-state index in [0.717, 1.165) is 19.4 Å². The molecule has 0 aliphatic carbocycles. The molecule has 6 heteroatoms. The van der Waals surface area contributed by atoms with E-state index in [-0.39, 0.29) is 5.91 Å². The maximum atomic E-state index is 11.9. The Hall–Kier alpha value is -1.14. The van der Waals surface area contributed by atoms with E-state index in [1.165, 1.54) is 5.01 Å². The first kappa shape index (κ1) is 11.9. The number of hydrazine groups is 2. The van der Waals surface area contributed by atoms with Crippen molar-refractivity contribution in [3.63, 3.8) is 0 Å². The van der Waals surface area contributed by atoms with E-state index in [1.54, 1.807) is 0 Å². The number of hydrogen-bond donors (Lipinski definition) is 3. The molecular formula is C9H18N4O2. The maximum absolute atomic E-state index is 11.9. The van der Waals surface area contributed by atoms with Crippen LogP contribution < -0.4 is 16.7 Å². The van der Waals surface area contributed by atoms with Gasteiger partial charge in [-0.25, -0.2) is 11.3 Å². The summed E-state index contributed by atoms with van der Waals surface area (Å²) in [4.78, 5) is 23.3. The first-order valence-corrected chi connectivity index (χ1v) is 5.26. The molecule has 1 aliphatic heterocycles. The van der Waals surface area contributed by atoms with Crippen molar-refractivity contribution in [2.45, 2.75) is 26.2 Å². The highest BCUT2D eigenvalue weighted by atomic mass is 16.2. The molecule has 15 heavy (non-hydrogen) atoms. The Balaban J connectivity index is 2.61. The van der Waals surface area contributed by atoms with Crippen molar-refractivity contribution in [3.05, 3.63) is 0 Å². The van der Waals surface area contributed by atoms with Crippen LogP contribution in [-0.2, 0) is 9.59 Å². The summed E-state index contributed by atoms with van der Waals surface area (Å²) in [5.41, 5.74) is 4.98. The summed E-state index contributed by atoms with van der Waals surface area (Å²) in [7, 11) is 0. The average molecular weight is 214 g/mol. The smallest absolute Gasteiger partial charge is 0.249 e. The predicted octanol–water partition coefficient (Wildman–Crippen LogP) is -0.870. The van der Waals surface area contributed by atoms with E-state index < -0.39 is 11.8 Å². The van der Waals surface area contributed by atoms with Crippen LogP contribution in [0.15, 0.2) is 0 Å². The maximum Gasteiger partial charge on any atom is 0.249 e. The Morgan fingerprint density at radius 3 is 2.80 bits per heavy atom. The Bertz CT molecular complexity index is 238. The quantitative estimate of drug-likeness (QED) is 0.246. The zero-order chi connectivity index (χ0) is 11.3. The van der Waals surface area contributed by atoms with Gasteiger partial charge in [0.05, 0.1) is 0 Å². The number of nitrogens with two attached hydrogens (primary N) is 1. The monoisotopic (exact) mass is 214 g/mol. The summed E-state index contributed by atoms with van der Waals surface area (Å²) < 4.78 is 0. The van der Waals surface area contributed by atoms with Gasteiger partial charge in [-0.1, -0.05) is 13.3 Å². The van der Waals surface area contributed by atoms with Crippen LogP contribution in [0.25, 0.3) is 0 Å². The molecule has 2 amide bonds. The number of hydrogen-bond acceptors (Lipinski definition) is 4. The van der Waals surface area contributed by atoms with Crippen molar-refractivity contribution in [3.8, 4) is 0 Å². The second-order valence-corrected chi connectivity index (χ2v) is 3.60. The van der Waals surface area contributed by atoms with E-state index in [4.69, 9.17) is 5.84 Å². The van der Waals surface area contributed by atoms with Gasteiger partial charge in [-0.05, 0) is 12.8 Å². The fourth-order valence-electron chi connectivity index (χ4n) is 1.66. The topological polar surface area (TPSA) is 87.5 Å². The molecule has 0 bridgehead atoms. The minimum Gasteiger partial charge on any atom is -0.294 e. The van der Waals surface area contributed by atoms with Crippen molar-refractivity contribution in [1.82, 2.24) is 15.9 Å². The van der Waals surface area contributed by atoms with E-state index in [2.05, 4.69) is 5.43 Å². The zero-order valence-corrected chi connectivity index (χ0v) is 8.95. The van der Waals surface area contributed by atoms with Crippen LogP contribution in [0.1, 0.15) is 26.2 Å². The van der Waals surface area contributed by atoms with Gasteiger partial charge in [-0.15, -0.1) is 0 Å². The molecule has 0 aromatic heterocycles. The third kappa shape index (κ3) is 2.90. The van der Waals surface area contributed by atoms with Gasteiger partial charge in [-0.2, -0.15) is 0 Å². The normalized spacial score (nSPS) is 17.6. The summed E-state index contributed by atoms with van der Waals surface area (Å²) in [6.45, 7) is 3.38. The predicted molar refractivity (Wildman–Crippen MR) is 55.1 cm³/mol. The minimum absolute atomic E-state index is 0.183. The average Bonchev–Trinajstić information content (AvgIpc) is 2.77. The van der Waals surface area contributed by atoms with Crippen molar-refractivity contribution >= 4 is 11.8 Å². The molecule has 4 N–H and O–H groups in total. The third-order valence-electron chi connectivity index (χ3n) is 2.46. The zero-order valence-electron chi connectivity index (χ0n) is 8.95. The van der Waals surface area contributed by atoms with Crippen LogP contribution in [0.4, 0.5) is 0 Å². The molecular weight excluding hydrogens is 196 g/mol. The molecule has 1 rings (SSSR count). The molecule has 0 spiro atoms. The van der Waals surface area contributed by atoms with E-state index in [1.807, 2.05) is 12.3 Å². The number of rotatable bonds is 4. The van der Waals surface area contributed by atoms with Crippen LogP contribution in [-0.4, -0.2) is 29.9 Å². The lowest BCUT2D eigenvalue weighted by Crippen LogP contribution is -2.47. The second-order valence-electron chi connectivity index (χ2n) is 3.60. The Morgan fingerprint density at radius 1 is 1.60 bits per heavy atom. The van der Waals surface area contributed by atoms with Gasteiger partial charge in [0.1, 0.15) is 5.92 Å². The third-order valence-corrected chi connectivity index (χ3v) is 2.46. The molecule has 1 saturated heterocycles. The van der Waals surface area contributed by atoms with Gasteiger partial charge in [0.25, 0.3) is 0 Å². The molecule has 86 valence electrons. The van der Waals surface area contributed by atoms with E-state index >= 15 is 0 Å². The lowest BCUT2D eigenvalue weighted by Gasteiger charge is -2.21. The van der Waals surface area contributed by atoms with Gasteiger partial charge in [-0.3, -0.25) is 20.0 Å². The Labute approximate surface area is 89.1 Å². The summed E-state index contributed by atoms with van der Waals surface area (Å²) in [5.74, 6) is 3.80. The lowest BCUT2D eigenvalue weighted by atomic mass is 10.0. The first-order valence-electron chi connectivity index (χ1n) is 5.26. The van der Waals surface area contributed by atoms with Crippen molar-refractivity contribution < 1.29 is 9.59 Å². The fraction of sp³-hybridized carbons (Fsp3) is 0.778. The number of nitrogens with zero attached hydrogens (tertiary/aromatic N) is 1. The second kappa shape index (κ2) is 5.67. The summed E-state index contributed by atoms with van der Waals surface area (Å²) >= 11 is 0. The molecule has 6 nitrogen and oxygen atoms in total. The van der Waals surface area contributed by atoms with E-state index in [9.17, 15) is 9.59 Å². The van der Waals surface area contributed by atoms with Crippen molar-refractivity contribution in [1.29, 1.82) is 0 Å². The van der Waals surface area contributed by atoms with Crippen molar-refractivity contribution in [2.75, 3.05) is 13.1 Å². The van der Waals surface area contributed by atoms with Gasteiger partial charge in [0.15, 0.2) is 0 Å². The Kier molecular flexibility index (Phi) is 4.51. The largest absolute Gasteiger partial charge is 0.294 e. The molecule has 1 atom stereocenters. The highest BCUT2D eigenvalue weighted by Crippen LogP contribution is 2.11. The number of nitrogens with one attached hydrogen (secondary N) is 2. The van der Waals surface area contributed by atoms with Crippen LogP contribution in [0.2, 0.25) is 0 Å². The SMILES string of the molecule is CCCC(C(=O)NN)C(=O)N1CCCN1. The number of carbonyl (C=O) groups is 2. The Morgan fingerprint density at radius 2 is 2.33 bits per heavy atom. The summed E-state index contributed by atoms with van der Waals surface area (Å²) in [5, 5.41) is 1.51.